The van der Waals surface area contributed by atoms with E-state index >= 15 is 0 Å². The highest BCUT2D eigenvalue weighted by atomic mass is 16.7. The van der Waals surface area contributed by atoms with Crippen LogP contribution in [0.25, 0.3) is 0 Å². The molecule has 0 spiro atoms. The molecule has 0 aromatic carbocycles. The van der Waals surface area contributed by atoms with E-state index in [0.717, 1.165) is 12.8 Å². The van der Waals surface area contributed by atoms with Crippen LogP contribution in [-0.2, 0) is 14.1 Å². The summed E-state index contributed by atoms with van der Waals surface area (Å²) in [6.07, 6.45) is 5.96. The predicted molar refractivity (Wildman–Crippen MR) is 128 cm³/mol. The summed E-state index contributed by atoms with van der Waals surface area (Å²) in [5.41, 5.74) is 0.0492. The van der Waals surface area contributed by atoms with Gasteiger partial charge < -0.3 is 19.7 Å². The molecule has 9 heteroatoms. The topological polar surface area (TPSA) is 111 Å². The van der Waals surface area contributed by atoms with Crippen molar-refractivity contribution in [3.8, 4) is 0 Å². The predicted octanol–water partition coefficient (Wildman–Crippen LogP) is 2.84. The van der Waals surface area contributed by atoms with E-state index in [2.05, 4.69) is 49.9 Å². The third kappa shape index (κ3) is 4.54. The van der Waals surface area contributed by atoms with Crippen molar-refractivity contribution in [3.63, 3.8) is 0 Å². The molecule has 2 bridgehead atoms. The molecule has 4 fully saturated rings. The van der Waals surface area contributed by atoms with Crippen molar-refractivity contribution in [2.75, 3.05) is 0 Å². The maximum atomic E-state index is 13.3. The number of Topliss-reactive ketones (excluding diaryl/α,β-unsaturated/α-hetero) is 1. The average Bonchev–Trinajstić information content (AvgIpc) is 3.13. The molecule has 7 atom stereocenters. The first-order valence-electron chi connectivity index (χ1n) is 12.5. The molecular weight excluding hydrogens is 433 g/mol. The molecule has 1 amide bonds. The van der Waals surface area contributed by atoms with E-state index in [1.165, 1.54) is 25.5 Å². The van der Waals surface area contributed by atoms with Gasteiger partial charge in [-0.1, -0.05) is 27.7 Å². The molecule has 3 aliphatic carbocycles. The number of aliphatic hydroxyl groups excluding tert-OH is 1. The first-order chi connectivity index (χ1) is 15.9. The van der Waals surface area contributed by atoms with Gasteiger partial charge >= 0.3 is 7.12 Å². The van der Waals surface area contributed by atoms with Crippen molar-refractivity contribution in [1.82, 2.24) is 15.3 Å². The van der Waals surface area contributed by atoms with E-state index < -0.39 is 19.1 Å². The van der Waals surface area contributed by atoms with E-state index in [1.807, 2.05) is 0 Å². The summed E-state index contributed by atoms with van der Waals surface area (Å²) in [7, 11) is -0.554. The lowest BCUT2D eigenvalue weighted by Gasteiger charge is -2.64. The van der Waals surface area contributed by atoms with Crippen molar-refractivity contribution in [2.45, 2.75) is 91.0 Å². The smallest absolute Gasteiger partial charge is 0.404 e. The highest BCUT2D eigenvalue weighted by Crippen LogP contribution is 2.65. The van der Waals surface area contributed by atoms with Crippen LogP contribution in [0.1, 0.15) is 77.7 Å². The fourth-order valence-electron chi connectivity index (χ4n) is 6.34. The van der Waals surface area contributed by atoms with Gasteiger partial charge in [0.1, 0.15) is 5.69 Å². The van der Waals surface area contributed by atoms with E-state index in [-0.39, 0.29) is 46.9 Å². The second-order valence-electron chi connectivity index (χ2n) is 11.6. The molecule has 2 N–H and O–H groups in total. The number of aromatic nitrogens is 2. The van der Waals surface area contributed by atoms with Crippen molar-refractivity contribution >= 4 is 18.8 Å². The quantitative estimate of drug-likeness (QED) is 0.421. The Kier molecular flexibility index (Phi) is 6.92. The minimum Gasteiger partial charge on any atom is -0.404 e. The van der Waals surface area contributed by atoms with Crippen LogP contribution in [0.2, 0.25) is 0 Å². The van der Waals surface area contributed by atoms with Gasteiger partial charge in [-0.25, -0.2) is 4.98 Å². The molecule has 1 aromatic rings. The Hall–Kier alpha value is -1.84. The Bertz CT molecular complexity index is 911. The molecule has 186 valence electrons. The van der Waals surface area contributed by atoms with E-state index in [0.29, 0.717) is 24.2 Å². The van der Waals surface area contributed by atoms with Gasteiger partial charge in [-0.15, -0.1) is 0 Å². The van der Waals surface area contributed by atoms with Gasteiger partial charge in [0.2, 0.25) is 5.91 Å². The summed E-state index contributed by atoms with van der Waals surface area (Å²) in [5, 5.41) is 13.4. The molecule has 4 aliphatic rings. The minimum atomic E-state index is -1.00. The number of hydrogen-bond donors (Lipinski definition) is 2. The standard InChI is InChI=1S/C25H38BN3O5/c1-14(2)9-22(26-33-21-11-16-10-20(24(16,4)5)25(21,6)34-26)29-23(32)17(15(3)30)12-19(31)18-13-27-7-8-28-18/h7-8,13-17,20-22,30H,9-12H2,1-6H3,(H,29,32)/t15-,16+,17+,20+,21-,22+,25+/m1/s1. The molecule has 0 unspecified atom stereocenters. The zero-order chi connectivity index (χ0) is 24.8. The Morgan fingerprint density at radius 3 is 2.56 bits per heavy atom. The van der Waals surface area contributed by atoms with Gasteiger partial charge in [0.15, 0.2) is 5.78 Å². The summed E-state index contributed by atoms with van der Waals surface area (Å²) in [6.45, 7) is 12.5. The van der Waals surface area contributed by atoms with Gasteiger partial charge in [0.25, 0.3) is 0 Å². The Balaban J connectivity index is 1.47. The van der Waals surface area contributed by atoms with Crippen LogP contribution in [0.3, 0.4) is 0 Å². The molecule has 2 heterocycles. The number of nitrogens with one attached hydrogen (secondary N) is 1. The summed E-state index contributed by atoms with van der Waals surface area (Å²) >= 11 is 0. The molecule has 8 nitrogen and oxygen atoms in total. The normalized spacial score (nSPS) is 31.9. The fraction of sp³-hybridized carbons (Fsp3) is 0.760. The Morgan fingerprint density at radius 2 is 1.97 bits per heavy atom. The minimum absolute atomic E-state index is 0.0200. The maximum absolute atomic E-state index is 13.3. The molecule has 1 aliphatic heterocycles. The Labute approximate surface area is 202 Å². The molecule has 3 saturated carbocycles. The van der Waals surface area contributed by atoms with Crippen LogP contribution in [0, 0.1) is 29.1 Å². The monoisotopic (exact) mass is 471 g/mol. The van der Waals surface area contributed by atoms with Crippen LogP contribution in [0.15, 0.2) is 18.6 Å². The number of rotatable bonds is 9. The van der Waals surface area contributed by atoms with Crippen LogP contribution < -0.4 is 5.32 Å². The summed E-state index contributed by atoms with van der Waals surface area (Å²) in [4.78, 5) is 33.9. The van der Waals surface area contributed by atoms with Crippen LogP contribution in [0.4, 0.5) is 0 Å². The van der Waals surface area contributed by atoms with Crippen molar-refractivity contribution in [1.29, 1.82) is 0 Å². The van der Waals surface area contributed by atoms with E-state index in [1.54, 1.807) is 0 Å². The van der Waals surface area contributed by atoms with Crippen molar-refractivity contribution in [3.05, 3.63) is 24.3 Å². The van der Waals surface area contributed by atoms with Crippen LogP contribution >= 0.6 is 0 Å². The molecular formula is C25H38BN3O5. The highest BCUT2D eigenvalue weighted by molar-refractivity contribution is 6.47. The fourth-order valence-corrected chi connectivity index (χ4v) is 6.34. The van der Waals surface area contributed by atoms with Gasteiger partial charge in [0, 0.05) is 18.8 Å². The van der Waals surface area contributed by atoms with Gasteiger partial charge in [-0.2, -0.15) is 0 Å². The SMILES string of the molecule is CC(C)C[C@H](NC(=O)[C@@H](CC(=O)c1cnccn1)[C@@H](C)O)B1O[C@@H]2C[C@@H]3C[C@@H](C3(C)C)[C@]2(C)O1. The van der Waals surface area contributed by atoms with Crippen LogP contribution in [0.5, 0.6) is 0 Å². The first-order valence-corrected chi connectivity index (χ1v) is 12.5. The lowest BCUT2D eigenvalue weighted by atomic mass is 9.43. The van der Waals surface area contributed by atoms with E-state index in [4.69, 9.17) is 9.31 Å². The number of carbonyl (C=O) groups excluding carboxylic acids is 2. The average molecular weight is 471 g/mol. The molecule has 5 rings (SSSR count). The summed E-state index contributed by atoms with van der Waals surface area (Å²) < 4.78 is 13.0. The lowest BCUT2D eigenvalue weighted by molar-refractivity contribution is -0.199. The van der Waals surface area contributed by atoms with Crippen molar-refractivity contribution < 1.29 is 24.0 Å². The highest BCUT2D eigenvalue weighted by Gasteiger charge is 2.68. The third-order valence-corrected chi connectivity index (χ3v) is 8.52. The molecule has 34 heavy (non-hydrogen) atoms. The second kappa shape index (κ2) is 9.32. The Morgan fingerprint density at radius 1 is 1.24 bits per heavy atom. The third-order valence-electron chi connectivity index (χ3n) is 8.52. The van der Waals surface area contributed by atoms with Gasteiger partial charge in [0.05, 0.1) is 35.9 Å². The zero-order valence-corrected chi connectivity index (χ0v) is 21.2. The molecule has 0 radical (unpaired) electrons. The number of nitrogens with zero attached hydrogens (tertiary/aromatic N) is 2. The summed E-state index contributed by atoms with van der Waals surface area (Å²) in [5.74, 6) is -0.623. The number of amides is 1. The number of hydrogen-bond acceptors (Lipinski definition) is 7. The zero-order valence-electron chi connectivity index (χ0n) is 21.2. The van der Waals surface area contributed by atoms with Crippen molar-refractivity contribution in [2.24, 2.45) is 29.1 Å². The first kappa shape index (κ1) is 25.3. The lowest BCUT2D eigenvalue weighted by Crippen LogP contribution is -2.65. The maximum Gasteiger partial charge on any atom is 0.481 e. The number of carbonyl (C=O) groups is 2. The summed E-state index contributed by atoms with van der Waals surface area (Å²) in [6, 6.07) is 0. The van der Waals surface area contributed by atoms with Gasteiger partial charge in [-0.3, -0.25) is 14.6 Å². The van der Waals surface area contributed by atoms with E-state index in [9.17, 15) is 14.7 Å². The molecule has 1 saturated heterocycles. The largest absolute Gasteiger partial charge is 0.481 e. The number of ketones is 1. The second-order valence-corrected chi connectivity index (χ2v) is 11.6. The van der Waals surface area contributed by atoms with Crippen LogP contribution in [-0.4, -0.2) is 57.6 Å². The molecule has 1 aromatic heterocycles. The number of aliphatic hydroxyl groups is 1. The van der Waals surface area contributed by atoms with Gasteiger partial charge in [-0.05, 0) is 56.3 Å².